The number of hydrogen-bond acceptors (Lipinski definition) is 8. The molecule has 1 saturated heterocycles. The quantitative estimate of drug-likeness (QED) is 0.450. The first-order chi connectivity index (χ1) is 15.4. The molecule has 3 aromatic heterocycles. The van der Waals surface area contributed by atoms with Gasteiger partial charge in [0.2, 0.25) is 5.95 Å². The minimum Gasteiger partial charge on any atom is -0.368 e. The Morgan fingerprint density at radius 3 is 2.62 bits per heavy atom. The Balaban J connectivity index is 1.62. The van der Waals surface area contributed by atoms with E-state index in [9.17, 15) is 4.39 Å². The summed E-state index contributed by atoms with van der Waals surface area (Å²) < 4.78 is 25.9. The average Bonchev–Trinajstić information content (AvgIpc) is 3.21. The third-order valence-corrected chi connectivity index (χ3v) is 5.68. The Bertz CT molecular complexity index is 1330. The topological polar surface area (TPSA) is 90.1 Å². The SMILES string of the molecule is Cc1cc(C2CN(c3nc(-c4ccc(Cl)cc4F)c4nc(C)c(C)nc4n3)CCO2)no1. The fourth-order valence-electron chi connectivity index (χ4n) is 3.66. The summed E-state index contributed by atoms with van der Waals surface area (Å²) in [5, 5.41) is 4.38. The number of hydrogen-bond donors (Lipinski definition) is 0. The molecule has 8 nitrogen and oxygen atoms in total. The van der Waals surface area contributed by atoms with E-state index >= 15 is 0 Å². The molecule has 1 aromatic carbocycles. The van der Waals surface area contributed by atoms with Crippen LogP contribution in [0.3, 0.4) is 0 Å². The van der Waals surface area contributed by atoms with Crippen LogP contribution in [0, 0.1) is 26.6 Å². The number of halogens is 2. The van der Waals surface area contributed by atoms with Crippen LogP contribution in [-0.2, 0) is 4.74 Å². The van der Waals surface area contributed by atoms with Crippen LogP contribution in [0.2, 0.25) is 5.02 Å². The van der Waals surface area contributed by atoms with Gasteiger partial charge >= 0.3 is 0 Å². The standard InChI is InChI=1S/C22H20ClFN6O2/c1-11-8-17(29-32-11)18-10-30(6-7-31-18)22-27-19(15-5-4-14(23)9-16(15)24)20-21(28-22)26-13(3)12(2)25-20/h4-5,8-9,18H,6-7,10H2,1-3H3. The third kappa shape index (κ3) is 3.78. The van der Waals surface area contributed by atoms with Crippen molar-refractivity contribution in [3.8, 4) is 11.3 Å². The van der Waals surface area contributed by atoms with Crippen molar-refractivity contribution >= 4 is 28.7 Å². The molecule has 1 aliphatic rings. The van der Waals surface area contributed by atoms with Crippen LogP contribution in [0.1, 0.15) is 28.9 Å². The molecule has 1 fully saturated rings. The van der Waals surface area contributed by atoms with Crippen LogP contribution < -0.4 is 4.90 Å². The zero-order chi connectivity index (χ0) is 22.4. The molecule has 4 aromatic rings. The number of ether oxygens (including phenoxy) is 1. The van der Waals surface area contributed by atoms with Gasteiger partial charge in [-0.25, -0.2) is 19.3 Å². The molecule has 0 spiro atoms. The highest BCUT2D eigenvalue weighted by Crippen LogP contribution is 2.32. The Morgan fingerprint density at radius 1 is 1.06 bits per heavy atom. The predicted molar refractivity (Wildman–Crippen MR) is 117 cm³/mol. The summed E-state index contributed by atoms with van der Waals surface area (Å²) in [6.07, 6.45) is -0.290. The summed E-state index contributed by atoms with van der Waals surface area (Å²) in [7, 11) is 0. The fourth-order valence-corrected chi connectivity index (χ4v) is 3.82. The molecular formula is C22H20ClFN6O2. The highest BCUT2D eigenvalue weighted by molar-refractivity contribution is 6.30. The average molecular weight is 455 g/mol. The van der Waals surface area contributed by atoms with Gasteiger partial charge in [0.25, 0.3) is 0 Å². The molecule has 4 heterocycles. The lowest BCUT2D eigenvalue weighted by Gasteiger charge is -2.32. The van der Waals surface area contributed by atoms with Crippen molar-refractivity contribution in [3.63, 3.8) is 0 Å². The van der Waals surface area contributed by atoms with Gasteiger partial charge in [0.1, 0.15) is 34.6 Å². The summed E-state index contributed by atoms with van der Waals surface area (Å²) in [5.74, 6) is 0.652. The largest absolute Gasteiger partial charge is 0.368 e. The van der Waals surface area contributed by atoms with E-state index in [2.05, 4.69) is 20.1 Å². The van der Waals surface area contributed by atoms with E-state index in [1.165, 1.54) is 6.07 Å². The van der Waals surface area contributed by atoms with E-state index in [0.29, 0.717) is 59.0 Å². The Kier molecular flexibility index (Phi) is 5.22. The highest BCUT2D eigenvalue weighted by atomic mass is 35.5. The van der Waals surface area contributed by atoms with Gasteiger partial charge in [-0.15, -0.1) is 0 Å². The molecule has 0 N–H and O–H groups in total. The van der Waals surface area contributed by atoms with Gasteiger partial charge in [-0.3, -0.25) is 0 Å². The monoisotopic (exact) mass is 454 g/mol. The molecule has 1 unspecified atom stereocenters. The van der Waals surface area contributed by atoms with Crippen molar-refractivity contribution < 1.29 is 13.7 Å². The number of morpholine rings is 1. The molecule has 0 radical (unpaired) electrons. The van der Waals surface area contributed by atoms with Crippen LogP contribution in [0.5, 0.6) is 0 Å². The summed E-state index contributed by atoms with van der Waals surface area (Å²) in [6, 6.07) is 6.33. The molecule has 0 saturated carbocycles. The third-order valence-electron chi connectivity index (χ3n) is 5.44. The van der Waals surface area contributed by atoms with E-state index in [4.69, 9.17) is 25.8 Å². The van der Waals surface area contributed by atoms with Crippen LogP contribution in [0.25, 0.3) is 22.4 Å². The second kappa shape index (κ2) is 8.07. The first-order valence-electron chi connectivity index (χ1n) is 10.2. The zero-order valence-corrected chi connectivity index (χ0v) is 18.5. The van der Waals surface area contributed by atoms with Crippen molar-refractivity contribution in [1.29, 1.82) is 0 Å². The summed E-state index contributed by atoms with van der Waals surface area (Å²) in [4.78, 5) is 20.6. The van der Waals surface area contributed by atoms with Crippen LogP contribution in [0.4, 0.5) is 10.3 Å². The first kappa shape index (κ1) is 20.7. The van der Waals surface area contributed by atoms with E-state index in [0.717, 1.165) is 11.4 Å². The summed E-state index contributed by atoms with van der Waals surface area (Å²) in [5.41, 5.74) is 3.70. The lowest BCUT2D eigenvalue weighted by atomic mass is 10.1. The summed E-state index contributed by atoms with van der Waals surface area (Å²) in [6.45, 7) is 7.05. The maximum atomic E-state index is 14.9. The van der Waals surface area contributed by atoms with Crippen molar-refractivity contribution in [2.45, 2.75) is 26.9 Å². The maximum Gasteiger partial charge on any atom is 0.228 e. The number of aromatic nitrogens is 5. The first-order valence-corrected chi connectivity index (χ1v) is 10.5. The number of anilines is 1. The van der Waals surface area contributed by atoms with Gasteiger partial charge in [-0.05, 0) is 39.0 Å². The van der Waals surface area contributed by atoms with E-state index in [1.807, 2.05) is 31.7 Å². The smallest absolute Gasteiger partial charge is 0.228 e. The van der Waals surface area contributed by atoms with Crippen LogP contribution >= 0.6 is 11.6 Å². The van der Waals surface area contributed by atoms with Crippen molar-refractivity contribution in [3.05, 3.63) is 57.9 Å². The molecule has 0 bridgehead atoms. The van der Waals surface area contributed by atoms with E-state index in [-0.39, 0.29) is 11.7 Å². The molecule has 5 rings (SSSR count). The van der Waals surface area contributed by atoms with Gasteiger partial charge in [0.05, 0.1) is 24.5 Å². The van der Waals surface area contributed by atoms with Gasteiger partial charge in [-0.2, -0.15) is 4.98 Å². The maximum absolute atomic E-state index is 14.9. The second-order valence-electron chi connectivity index (χ2n) is 7.73. The minimum atomic E-state index is -0.485. The molecule has 32 heavy (non-hydrogen) atoms. The Morgan fingerprint density at radius 2 is 1.88 bits per heavy atom. The molecule has 0 amide bonds. The van der Waals surface area contributed by atoms with E-state index < -0.39 is 5.82 Å². The molecule has 10 heteroatoms. The second-order valence-corrected chi connectivity index (χ2v) is 8.17. The zero-order valence-electron chi connectivity index (χ0n) is 17.8. The molecule has 1 aliphatic heterocycles. The van der Waals surface area contributed by atoms with Crippen molar-refractivity contribution in [1.82, 2.24) is 25.1 Å². The highest BCUT2D eigenvalue weighted by Gasteiger charge is 2.28. The predicted octanol–water partition coefficient (Wildman–Crippen LogP) is 4.37. The molecule has 1 atom stereocenters. The fraction of sp³-hybridized carbons (Fsp3) is 0.318. The Hall–Kier alpha value is -3.17. The van der Waals surface area contributed by atoms with Crippen LogP contribution in [0.15, 0.2) is 28.8 Å². The van der Waals surface area contributed by atoms with Gasteiger partial charge in [-0.1, -0.05) is 16.8 Å². The van der Waals surface area contributed by atoms with Crippen molar-refractivity contribution in [2.75, 3.05) is 24.6 Å². The summed E-state index contributed by atoms with van der Waals surface area (Å²) >= 11 is 5.96. The van der Waals surface area contributed by atoms with E-state index in [1.54, 1.807) is 12.1 Å². The number of rotatable bonds is 3. The number of benzene rings is 1. The number of fused-ring (bicyclic) bond motifs is 1. The lowest BCUT2D eigenvalue weighted by Crippen LogP contribution is -2.39. The number of aryl methyl sites for hydroxylation is 3. The van der Waals surface area contributed by atoms with Crippen molar-refractivity contribution in [2.24, 2.45) is 0 Å². The Labute approximate surface area is 188 Å². The molecule has 164 valence electrons. The van der Waals surface area contributed by atoms with Gasteiger partial charge < -0.3 is 14.2 Å². The van der Waals surface area contributed by atoms with Gasteiger partial charge in [0.15, 0.2) is 5.65 Å². The lowest BCUT2D eigenvalue weighted by molar-refractivity contribution is 0.0345. The van der Waals surface area contributed by atoms with Crippen LogP contribution in [-0.4, -0.2) is 44.8 Å². The normalized spacial score (nSPS) is 16.7. The molecular weight excluding hydrogens is 435 g/mol. The van der Waals surface area contributed by atoms with Gasteiger partial charge in [0, 0.05) is 23.2 Å². The molecule has 0 aliphatic carbocycles. The minimum absolute atomic E-state index is 0.289. The number of nitrogens with zero attached hydrogens (tertiary/aromatic N) is 6.